The summed E-state index contributed by atoms with van der Waals surface area (Å²) < 4.78 is 5.01. The van der Waals surface area contributed by atoms with E-state index in [1.165, 1.54) is 5.56 Å². The number of benzene rings is 1. The second kappa shape index (κ2) is 9.99. The van der Waals surface area contributed by atoms with Crippen molar-refractivity contribution in [3.05, 3.63) is 54.0 Å². The smallest absolute Gasteiger partial charge is 0.274 e. The molecule has 1 N–H and O–H groups in total. The van der Waals surface area contributed by atoms with Crippen LogP contribution in [0.25, 0.3) is 0 Å². The maximum Gasteiger partial charge on any atom is 0.274 e. The Morgan fingerprint density at radius 2 is 1.89 bits per heavy atom. The summed E-state index contributed by atoms with van der Waals surface area (Å²) >= 11 is 0. The van der Waals surface area contributed by atoms with Crippen molar-refractivity contribution >= 4 is 11.7 Å². The number of hydrogen-bond donors (Lipinski definition) is 1. The average Bonchev–Trinajstić information content (AvgIpc) is 2.72. The van der Waals surface area contributed by atoms with Crippen LogP contribution >= 0.6 is 0 Å². The molecule has 1 aromatic carbocycles. The Morgan fingerprint density at radius 1 is 1.11 bits per heavy atom. The molecule has 0 spiro atoms. The molecule has 1 saturated heterocycles. The molecule has 144 valence electrons. The lowest BCUT2D eigenvalue weighted by atomic mass is 10.2. The van der Waals surface area contributed by atoms with E-state index in [0.717, 1.165) is 32.6 Å². The Morgan fingerprint density at radius 3 is 2.56 bits per heavy atom. The van der Waals surface area contributed by atoms with Gasteiger partial charge >= 0.3 is 0 Å². The Hall–Kier alpha value is -2.51. The number of nitrogens with zero attached hydrogens (tertiary/aromatic N) is 4. The van der Waals surface area contributed by atoms with Crippen molar-refractivity contribution in [1.29, 1.82) is 0 Å². The van der Waals surface area contributed by atoms with Gasteiger partial charge in [-0.25, -0.2) is 9.97 Å². The number of aromatic nitrogens is 2. The molecule has 1 aliphatic heterocycles. The van der Waals surface area contributed by atoms with Gasteiger partial charge < -0.3 is 15.0 Å². The molecule has 1 amide bonds. The fourth-order valence-electron chi connectivity index (χ4n) is 3.08. The third kappa shape index (κ3) is 5.74. The van der Waals surface area contributed by atoms with Crippen LogP contribution in [-0.4, -0.2) is 72.1 Å². The predicted octanol–water partition coefficient (Wildman–Crippen LogP) is 1.88. The zero-order valence-corrected chi connectivity index (χ0v) is 15.8. The minimum absolute atomic E-state index is 0.0483. The van der Waals surface area contributed by atoms with E-state index in [4.69, 9.17) is 4.74 Å². The summed E-state index contributed by atoms with van der Waals surface area (Å²) in [7, 11) is 1.68. The van der Waals surface area contributed by atoms with Crippen molar-refractivity contribution in [1.82, 2.24) is 19.8 Å². The molecule has 0 bridgehead atoms. The van der Waals surface area contributed by atoms with E-state index in [2.05, 4.69) is 44.5 Å². The molecular formula is C20H27N5O2. The number of anilines is 1. The quantitative estimate of drug-likeness (QED) is 0.717. The third-order valence-electron chi connectivity index (χ3n) is 4.61. The highest BCUT2D eigenvalue weighted by Gasteiger charge is 2.23. The van der Waals surface area contributed by atoms with E-state index < -0.39 is 0 Å². The number of carbonyl (C=O) groups is 1. The molecule has 2 heterocycles. The topological polar surface area (TPSA) is 70.6 Å². The first-order chi connectivity index (χ1) is 13.3. The molecule has 0 saturated carbocycles. The lowest BCUT2D eigenvalue weighted by molar-refractivity contribution is 0.0622. The first kappa shape index (κ1) is 19.3. The van der Waals surface area contributed by atoms with Gasteiger partial charge in [-0.05, 0) is 12.0 Å². The number of nitrogens with one attached hydrogen (secondary N) is 1. The van der Waals surface area contributed by atoms with Crippen molar-refractivity contribution in [2.45, 2.75) is 13.0 Å². The van der Waals surface area contributed by atoms with E-state index in [1.807, 2.05) is 11.0 Å². The standard InChI is InChI=1S/C20H27N5O2/c1-27-13-5-8-21-19-15-22-18(14-23-19)20(26)25-11-9-24(10-12-25)16-17-6-3-2-4-7-17/h2-4,6-7,14-15H,5,8-13,16H2,1H3,(H,21,23). The van der Waals surface area contributed by atoms with Gasteiger partial charge in [0.1, 0.15) is 11.5 Å². The molecule has 0 unspecified atom stereocenters. The van der Waals surface area contributed by atoms with Crippen molar-refractivity contribution in [2.75, 3.05) is 51.8 Å². The molecule has 0 aliphatic carbocycles. The molecule has 7 heteroatoms. The summed E-state index contributed by atoms with van der Waals surface area (Å²) in [6, 6.07) is 10.4. The Labute approximate surface area is 160 Å². The van der Waals surface area contributed by atoms with Crippen LogP contribution < -0.4 is 5.32 Å². The number of carbonyl (C=O) groups excluding carboxylic acids is 1. The molecule has 7 nitrogen and oxygen atoms in total. The van der Waals surface area contributed by atoms with Crippen LogP contribution in [0.3, 0.4) is 0 Å². The molecule has 3 rings (SSSR count). The molecule has 0 radical (unpaired) electrons. The molecule has 1 aromatic heterocycles. The lowest BCUT2D eigenvalue weighted by Gasteiger charge is -2.34. The summed E-state index contributed by atoms with van der Waals surface area (Å²) in [5.74, 6) is 0.628. The number of piperazine rings is 1. The summed E-state index contributed by atoms with van der Waals surface area (Å²) in [6.07, 6.45) is 4.06. The number of rotatable bonds is 8. The molecule has 1 aliphatic rings. The highest BCUT2D eigenvalue weighted by Crippen LogP contribution is 2.11. The van der Waals surface area contributed by atoms with Crippen molar-refractivity contribution < 1.29 is 9.53 Å². The second-order valence-electron chi connectivity index (χ2n) is 6.61. The Balaban J connectivity index is 1.46. The van der Waals surface area contributed by atoms with Gasteiger partial charge in [-0.1, -0.05) is 30.3 Å². The van der Waals surface area contributed by atoms with E-state index >= 15 is 0 Å². The van der Waals surface area contributed by atoms with Gasteiger partial charge in [0.15, 0.2) is 0 Å². The van der Waals surface area contributed by atoms with E-state index in [9.17, 15) is 4.79 Å². The normalized spacial score (nSPS) is 14.9. The van der Waals surface area contributed by atoms with Crippen LogP contribution in [0.1, 0.15) is 22.5 Å². The SMILES string of the molecule is COCCCNc1cnc(C(=O)N2CCN(Cc3ccccc3)CC2)cn1. The number of methoxy groups -OCH3 is 1. The van der Waals surface area contributed by atoms with E-state index in [1.54, 1.807) is 19.5 Å². The Bertz CT molecular complexity index is 700. The van der Waals surface area contributed by atoms with Gasteiger partial charge in [-0.3, -0.25) is 9.69 Å². The lowest BCUT2D eigenvalue weighted by Crippen LogP contribution is -2.48. The van der Waals surface area contributed by atoms with Gasteiger partial charge in [0, 0.05) is 53.0 Å². The Kier molecular flexibility index (Phi) is 7.12. The molecule has 27 heavy (non-hydrogen) atoms. The van der Waals surface area contributed by atoms with Gasteiger partial charge in [-0.15, -0.1) is 0 Å². The third-order valence-corrected chi connectivity index (χ3v) is 4.61. The maximum absolute atomic E-state index is 12.6. The zero-order chi connectivity index (χ0) is 18.9. The van der Waals surface area contributed by atoms with Crippen LogP contribution in [0.15, 0.2) is 42.7 Å². The van der Waals surface area contributed by atoms with Crippen LogP contribution in [-0.2, 0) is 11.3 Å². The van der Waals surface area contributed by atoms with Gasteiger partial charge in [0.05, 0.1) is 12.4 Å². The second-order valence-corrected chi connectivity index (χ2v) is 6.61. The van der Waals surface area contributed by atoms with Crippen LogP contribution in [0.4, 0.5) is 5.82 Å². The van der Waals surface area contributed by atoms with Gasteiger partial charge in [0.25, 0.3) is 5.91 Å². The summed E-state index contributed by atoms with van der Waals surface area (Å²) in [5.41, 5.74) is 1.70. The van der Waals surface area contributed by atoms with E-state index in [-0.39, 0.29) is 5.91 Å². The highest BCUT2D eigenvalue weighted by atomic mass is 16.5. The molecular weight excluding hydrogens is 342 g/mol. The minimum Gasteiger partial charge on any atom is -0.385 e. The van der Waals surface area contributed by atoms with Gasteiger partial charge in [-0.2, -0.15) is 0 Å². The average molecular weight is 369 g/mol. The van der Waals surface area contributed by atoms with Crippen LogP contribution in [0.5, 0.6) is 0 Å². The van der Waals surface area contributed by atoms with Crippen molar-refractivity contribution in [3.8, 4) is 0 Å². The summed E-state index contributed by atoms with van der Waals surface area (Å²) in [5, 5.41) is 3.17. The molecule has 1 fully saturated rings. The minimum atomic E-state index is -0.0483. The number of hydrogen-bond acceptors (Lipinski definition) is 6. The van der Waals surface area contributed by atoms with Crippen LogP contribution in [0.2, 0.25) is 0 Å². The largest absolute Gasteiger partial charge is 0.385 e. The molecule has 0 atom stereocenters. The predicted molar refractivity (Wildman–Crippen MR) is 105 cm³/mol. The van der Waals surface area contributed by atoms with Crippen LogP contribution in [0, 0.1) is 0 Å². The van der Waals surface area contributed by atoms with Crippen molar-refractivity contribution in [2.24, 2.45) is 0 Å². The van der Waals surface area contributed by atoms with Crippen molar-refractivity contribution in [3.63, 3.8) is 0 Å². The first-order valence-electron chi connectivity index (χ1n) is 9.36. The number of ether oxygens (including phenoxy) is 1. The zero-order valence-electron chi connectivity index (χ0n) is 15.8. The fraction of sp³-hybridized carbons (Fsp3) is 0.450. The monoisotopic (exact) mass is 369 g/mol. The maximum atomic E-state index is 12.6. The fourth-order valence-corrected chi connectivity index (χ4v) is 3.08. The molecule has 2 aromatic rings. The summed E-state index contributed by atoms with van der Waals surface area (Å²) in [6.45, 7) is 5.55. The number of amides is 1. The van der Waals surface area contributed by atoms with Gasteiger partial charge in [0.2, 0.25) is 0 Å². The first-order valence-corrected chi connectivity index (χ1v) is 9.36. The summed E-state index contributed by atoms with van der Waals surface area (Å²) in [4.78, 5) is 25.4. The highest BCUT2D eigenvalue weighted by molar-refractivity contribution is 5.92. The van der Waals surface area contributed by atoms with E-state index in [0.29, 0.717) is 31.2 Å².